The summed E-state index contributed by atoms with van der Waals surface area (Å²) in [5.41, 5.74) is 2.15. The molecule has 1 atom stereocenters. The van der Waals surface area contributed by atoms with Gasteiger partial charge in [0, 0.05) is 28.1 Å². The number of hydrogen-bond acceptors (Lipinski definition) is 2. The standard InChI is InChI=1S/C15H12Cl3NS/c16-10-5-12(17)15(13(18)6-10)19-7-9-8-20-14-4-2-1-3-11(9)14/h1-6,9,19H,7-8H2. The van der Waals surface area contributed by atoms with Crippen molar-refractivity contribution in [3.63, 3.8) is 0 Å². The van der Waals surface area contributed by atoms with Crippen LogP contribution in [0.2, 0.25) is 15.1 Å². The number of nitrogens with one attached hydrogen (secondary N) is 1. The van der Waals surface area contributed by atoms with Gasteiger partial charge in [-0.05, 0) is 23.8 Å². The van der Waals surface area contributed by atoms with E-state index < -0.39 is 0 Å². The van der Waals surface area contributed by atoms with Gasteiger partial charge < -0.3 is 5.32 Å². The second-order valence-corrected chi connectivity index (χ2v) is 6.98. The largest absolute Gasteiger partial charge is 0.382 e. The Balaban J connectivity index is 1.76. The molecule has 0 radical (unpaired) electrons. The van der Waals surface area contributed by atoms with Gasteiger partial charge in [0.1, 0.15) is 0 Å². The van der Waals surface area contributed by atoms with E-state index in [0.29, 0.717) is 21.0 Å². The van der Waals surface area contributed by atoms with Crippen molar-refractivity contribution in [2.24, 2.45) is 0 Å². The highest BCUT2D eigenvalue weighted by atomic mass is 35.5. The molecule has 0 fully saturated rings. The highest BCUT2D eigenvalue weighted by Crippen LogP contribution is 2.40. The zero-order chi connectivity index (χ0) is 14.1. The van der Waals surface area contributed by atoms with Gasteiger partial charge in [-0.1, -0.05) is 53.0 Å². The smallest absolute Gasteiger partial charge is 0.0720 e. The van der Waals surface area contributed by atoms with Gasteiger partial charge in [-0.25, -0.2) is 0 Å². The fraction of sp³-hybridized carbons (Fsp3) is 0.200. The van der Waals surface area contributed by atoms with Gasteiger partial charge in [0.15, 0.2) is 0 Å². The topological polar surface area (TPSA) is 12.0 Å². The van der Waals surface area contributed by atoms with Crippen LogP contribution in [0.4, 0.5) is 5.69 Å². The minimum Gasteiger partial charge on any atom is -0.382 e. The Hall–Kier alpha value is -0.540. The van der Waals surface area contributed by atoms with Gasteiger partial charge in [0.2, 0.25) is 0 Å². The zero-order valence-corrected chi connectivity index (χ0v) is 13.6. The molecule has 1 N–H and O–H groups in total. The first-order chi connectivity index (χ1) is 9.65. The van der Waals surface area contributed by atoms with Crippen molar-refractivity contribution in [3.8, 4) is 0 Å². The Morgan fingerprint density at radius 1 is 1.10 bits per heavy atom. The van der Waals surface area contributed by atoms with Crippen LogP contribution in [0.5, 0.6) is 0 Å². The van der Waals surface area contributed by atoms with E-state index in [-0.39, 0.29) is 0 Å². The van der Waals surface area contributed by atoms with Crippen molar-refractivity contribution in [2.45, 2.75) is 10.8 Å². The highest BCUT2D eigenvalue weighted by molar-refractivity contribution is 7.99. The first-order valence-electron chi connectivity index (χ1n) is 6.25. The van der Waals surface area contributed by atoms with Gasteiger partial charge in [-0.15, -0.1) is 11.8 Å². The van der Waals surface area contributed by atoms with Crippen LogP contribution in [0, 0.1) is 0 Å². The summed E-state index contributed by atoms with van der Waals surface area (Å²) >= 11 is 20.2. The summed E-state index contributed by atoms with van der Waals surface area (Å²) in [5.74, 6) is 1.55. The summed E-state index contributed by atoms with van der Waals surface area (Å²) < 4.78 is 0. The molecule has 0 spiro atoms. The highest BCUT2D eigenvalue weighted by Gasteiger charge is 2.22. The van der Waals surface area contributed by atoms with Gasteiger partial charge in [-0.3, -0.25) is 0 Å². The maximum atomic E-state index is 6.18. The summed E-state index contributed by atoms with van der Waals surface area (Å²) in [7, 11) is 0. The molecule has 1 aliphatic rings. The SMILES string of the molecule is Clc1cc(Cl)c(NCC2CSc3ccccc32)c(Cl)c1. The fourth-order valence-electron chi connectivity index (χ4n) is 2.33. The average Bonchev–Trinajstić information content (AvgIpc) is 2.81. The number of anilines is 1. The van der Waals surface area contributed by atoms with Gasteiger partial charge in [-0.2, -0.15) is 0 Å². The fourth-order valence-corrected chi connectivity index (χ4v) is 4.54. The molecule has 0 aromatic heterocycles. The first kappa shape index (κ1) is 14.4. The molecule has 2 aromatic rings. The minimum absolute atomic E-state index is 0.471. The van der Waals surface area contributed by atoms with Gasteiger partial charge in [0.25, 0.3) is 0 Å². The Morgan fingerprint density at radius 3 is 2.55 bits per heavy atom. The van der Waals surface area contributed by atoms with Crippen LogP contribution in [-0.2, 0) is 0 Å². The maximum Gasteiger partial charge on any atom is 0.0720 e. The van der Waals surface area contributed by atoms with Crippen molar-refractivity contribution < 1.29 is 0 Å². The molecular formula is C15H12Cl3NS. The van der Waals surface area contributed by atoms with Crippen LogP contribution >= 0.6 is 46.6 Å². The predicted molar refractivity (Wildman–Crippen MR) is 89.9 cm³/mol. The van der Waals surface area contributed by atoms with Crippen molar-refractivity contribution in [3.05, 3.63) is 57.0 Å². The van der Waals surface area contributed by atoms with Crippen molar-refractivity contribution in [2.75, 3.05) is 17.6 Å². The minimum atomic E-state index is 0.471. The van der Waals surface area contributed by atoms with E-state index in [0.717, 1.165) is 18.0 Å². The molecule has 5 heteroatoms. The van der Waals surface area contributed by atoms with Crippen LogP contribution in [0.1, 0.15) is 11.5 Å². The molecule has 104 valence electrons. The molecule has 1 aliphatic heterocycles. The van der Waals surface area contributed by atoms with Gasteiger partial charge >= 0.3 is 0 Å². The quantitative estimate of drug-likeness (QED) is 0.738. The summed E-state index contributed by atoms with van der Waals surface area (Å²) in [5, 5.41) is 5.02. The molecule has 0 bridgehead atoms. The number of thioether (sulfide) groups is 1. The van der Waals surface area contributed by atoms with Crippen LogP contribution in [0.3, 0.4) is 0 Å². The van der Waals surface area contributed by atoms with E-state index in [1.54, 1.807) is 12.1 Å². The third-order valence-corrected chi connectivity index (χ3v) is 5.40. The first-order valence-corrected chi connectivity index (χ1v) is 8.37. The number of hydrogen-bond donors (Lipinski definition) is 1. The lowest BCUT2D eigenvalue weighted by molar-refractivity contribution is 0.819. The lowest BCUT2D eigenvalue weighted by atomic mass is 10.0. The molecule has 0 amide bonds. The molecule has 0 saturated heterocycles. The molecule has 20 heavy (non-hydrogen) atoms. The number of benzene rings is 2. The molecule has 0 aliphatic carbocycles. The molecule has 3 rings (SSSR count). The van der Waals surface area contributed by atoms with Crippen LogP contribution in [0.15, 0.2) is 41.3 Å². The Labute approximate surface area is 137 Å². The van der Waals surface area contributed by atoms with Crippen molar-refractivity contribution in [1.29, 1.82) is 0 Å². The van der Waals surface area contributed by atoms with E-state index in [2.05, 4.69) is 29.6 Å². The van der Waals surface area contributed by atoms with E-state index in [4.69, 9.17) is 34.8 Å². The van der Waals surface area contributed by atoms with Crippen LogP contribution in [-0.4, -0.2) is 12.3 Å². The van der Waals surface area contributed by atoms with Crippen molar-refractivity contribution in [1.82, 2.24) is 0 Å². The molecule has 1 nitrogen and oxygen atoms in total. The van der Waals surface area contributed by atoms with E-state index in [9.17, 15) is 0 Å². The van der Waals surface area contributed by atoms with Gasteiger partial charge in [0.05, 0.1) is 15.7 Å². The Morgan fingerprint density at radius 2 is 1.80 bits per heavy atom. The second kappa shape index (κ2) is 6.07. The summed E-state index contributed by atoms with van der Waals surface area (Å²) in [4.78, 5) is 1.37. The lowest BCUT2D eigenvalue weighted by Crippen LogP contribution is -2.12. The lowest BCUT2D eigenvalue weighted by Gasteiger charge is -2.15. The molecule has 1 heterocycles. The maximum absolute atomic E-state index is 6.18. The number of fused-ring (bicyclic) bond motifs is 1. The Bertz CT molecular complexity index is 622. The Kier molecular flexibility index (Phi) is 4.37. The predicted octanol–water partition coefficient (Wildman–Crippen LogP) is 5.95. The molecular weight excluding hydrogens is 333 g/mol. The number of rotatable bonds is 3. The second-order valence-electron chi connectivity index (χ2n) is 4.67. The average molecular weight is 345 g/mol. The molecule has 1 unspecified atom stereocenters. The van der Waals surface area contributed by atoms with E-state index in [1.807, 2.05) is 11.8 Å². The monoisotopic (exact) mass is 343 g/mol. The number of halogens is 3. The van der Waals surface area contributed by atoms with Crippen LogP contribution in [0.25, 0.3) is 0 Å². The molecule has 2 aromatic carbocycles. The van der Waals surface area contributed by atoms with E-state index >= 15 is 0 Å². The van der Waals surface area contributed by atoms with Crippen LogP contribution < -0.4 is 5.32 Å². The molecule has 0 saturated carbocycles. The van der Waals surface area contributed by atoms with Crippen molar-refractivity contribution >= 4 is 52.3 Å². The summed E-state index contributed by atoms with van der Waals surface area (Å²) in [6.07, 6.45) is 0. The zero-order valence-electron chi connectivity index (χ0n) is 10.5. The summed E-state index contributed by atoms with van der Waals surface area (Å²) in [6.45, 7) is 0.811. The third-order valence-electron chi connectivity index (χ3n) is 3.33. The third kappa shape index (κ3) is 2.89. The normalized spacial score (nSPS) is 17.1. The van der Waals surface area contributed by atoms with E-state index in [1.165, 1.54) is 10.5 Å². The summed E-state index contributed by atoms with van der Waals surface area (Å²) in [6, 6.07) is 11.9.